The Balaban J connectivity index is 1.94. The molecule has 2 rings (SSSR count). The van der Waals surface area contributed by atoms with E-state index in [4.69, 9.17) is 15.7 Å². The summed E-state index contributed by atoms with van der Waals surface area (Å²) in [6, 6.07) is 4.39. The third-order valence-corrected chi connectivity index (χ3v) is 3.63. The number of nitrogens with zero attached hydrogens (tertiary/aromatic N) is 1. The van der Waals surface area contributed by atoms with E-state index in [1.165, 1.54) is 12.1 Å². The Kier molecular flexibility index (Phi) is 4.92. The predicted molar refractivity (Wildman–Crippen MR) is 74.1 cm³/mol. The first-order valence-electron chi connectivity index (χ1n) is 6.70. The Hall–Kier alpha value is -1.66. The molecule has 1 saturated heterocycles. The number of benzene rings is 1. The number of hydrogen-bond acceptors (Lipinski definition) is 4. The number of oxime groups is 1. The van der Waals surface area contributed by atoms with E-state index in [0.717, 1.165) is 25.1 Å². The van der Waals surface area contributed by atoms with Crippen LogP contribution in [-0.2, 0) is 11.3 Å². The molecule has 2 unspecified atom stereocenters. The summed E-state index contributed by atoms with van der Waals surface area (Å²) in [5, 5.41) is 14.8. The summed E-state index contributed by atoms with van der Waals surface area (Å²) in [6.07, 6.45) is 1.31. The summed E-state index contributed by atoms with van der Waals surface area (Å²) >= 11 is 0. The van der Waals surface area contributed by atoms with Gasteiger partial charge in [0.05, 0.1) is 6.10 Å². The molecule has 0 radical (unpaired) electrons. The van der Waals surface area contributed by atoms with Crippen LogP contribution in [0.4, 0.5) is 4.39 Å². The van der Waals surface area contributed by atoms with Crippen LogP contribution in [0.5, 0.6) is 0 Å². The van der Waals surface area contributed by atoms with E-state index in [1.54, 1.807) is 6.07 Å². The zero-order chi connectivity index (χ0) is 14.5. The van der Waals surface area contributed by atoms with E-state index < -0.39 is 5.82 Å². The fraction of sp³-hybridized carbons (Fsp3) is 0.500. The van der Waals surface area contributed by atoms with Crippen LogP contribution in [0, 0.1) is 11.7 Å². The standard InChI is InChI=1S/C14H20FN3O2/c1-9-11(2-3-20-9)8-17-7-10-4-12(14(16)18-19)6-13(15)5-10/h4-6,9,11,17,19H,2-3,7-8H2,1H3,(H2,16,18). The number of nitrogens with one attached hydrogen (secondary N) is 1. The van der Waals surface area contributed by atoms with E-state index >= 15 is 0 Å². The minimum Gasteiger partial charge on any atom is -0.409 e. The monoisotopic (exact) mass is 281 g/mol. The SMILES string of the molecule is CC1OCCC1CNCc1cc(F)cc(/C(N)=N/O)c1. The molecule has 6 heteroatoms. The van der Waals surface area contributed by atoms with Crippen molar-refractivity contribution in [1.29, 1.82) is 0 Å². The van der Waals surface area contributed by atoms with Crippen LogP contribution in [0.2, 0.25) is 0 Å². The largest absolute Gasteiger partial charge is 0.409 e. The van der Waals surface area contributed by atoms with Gasteiger partial charge in [0.1, 0.15) is 5.82 Å². The van der Waals surface area contributed by atoms with Gasteiger partial charge < -0.3 is 21.0 Å². The van der Waals surface area contributed by atoms with E-state index in [0.29, 0.717) is 18.0 Å². The summed E-state index contributed by atoms with van der Waals surface area (Å²) in [5.74, 6) is -0.000800. The summed E-state index contributed by atoms with van der Waals surface area (Å²) in [4.78, 5) is 0. The van der Waals surface area contributed by atoms with Crippen LogP contribution in [0.25, 0.3) is 0 Å². The third kappa shape index (κ3) is 3.68. The van der Waals surface area contributed by atoms with Gasteiger partial charge in [-0.25, -0.2) is 4.39 Å². The first-order valence-corrected chi connectivity index (χ1v) is 6.70. The van der Waals surface area contributed by atoms with Crippen molar-refractivity contribution in [2.24, 2.45) is 16.8 Å². The van der Waals surface area contributed by atoms with Crippen LogP contribution >= 0.6 is 0 Å². The first-order chi connectivity index (χ1) is 9.60. The number of amidine groups is 1. The number of nitrogens with two attached hydrogens (primary N) is 1. The quantitative estimate of drug-likeness (QED) is 0.330. The van der Waals surface area contributed by atoms with Crippen molar-refractivity contribution in [2.75, 3.05) is 13.2 Å². The zero-order valence-corrected chi connectivity index (χ0v) is 11.5. The second-order valence-electron chi connectivity index (χ2n) is 5.09. The lowest BCUT2D eigenvalue weighted by Crippen LogP contribution is -2.26. The van der Waals surface area contributed by atoms with Crippen LogP contribution in [0.3, 0.4) is 0 Å². The summed E-state index contributed by atoms with van der Waals surface area (Å²) < 4.78 is 19.0. The van der Waals surface area contributed by atoms with E-state index in [2.05, 4.69) is 17.4 Å². The topological polar surface area (TPSA) is 79.9 Å². The fourth-order valence-electron chi connectivity index (χ4n) is 2.40. The van der Waals surface area contributed by atoms with E-state index in [-0.39, 0.29) is 11.9 Å². The van der Waals surface area contributed by atoms with E-state index in [1.807, 2.05) is 0 Å². The van der Waals surface area contributed by atoms with Gasteiger partial charge in [-0.15, -0.1) is 0 Å². The van der Waals surface area contributed by atoms with Crippen molar-refractivity contribution in [3.05, 3.63) is 35.1 Å². The minimum absolute atomic E-state index is 0.0939. The minimum atomic E-state index is -0.400. The molecule has 4 N–H and O–H groups in total. The summed E-state index contributed by atoms with van der Waals surface area (Å²) in [7, 11) is 0. The van der Waals surface area contributed by atoms with Crippen LogP contribution in [0.1, 0.15) is 24.5 Å². The Labute approximate surface area is 117 Å². The van der Waals surface area contributed by atoms with Gasteiger partial charge in [-0.3, -0.25) is 0 Å². The number of halogens is 1. The molecule has 2 atom stereocenters. The molecular weight excluding hydrogens is 261 g/mol. The van der Waals surface area contributed by atoms with Gasteiger partial charge in [-0.1, -0.05) is 5.16 Å². The smallest absolute Gasteiger partial charge is 0.170 e. The molecule has 20 heavy (non-hydrogen) atoms. The predicted octanol–water partition coefficient (Wildman–Crippen LogP) is 1.43. The lowest BCUT2D eigenvalue weighted by Gasteiger charge is -2.15. The van der Waals surface area contributed by atoms with Crippen LogP contribution in [0.15, 0.2) is 23.4 Å². The van der Waals surface area contributed by atoms with Crippen LogP contribution < -0.4 is 11.1 Å². The van der Waals surface area contributed by atoms with Crippen molar-refractivity contribution in [1.82, 2.24) is 5.32 Å². The molecule has 0 aromatic heterocycles. The average molecular weight is 281 g/mol. The zero-order valence-electron chi connectivity index (χ0n) is 11.5. The fourth-order valence-corrected chi connectivity index (χ4v) is 2.40. The Morgan fingerprint density at radius 2 is 2.35 bits per heavy atom. The molecule has 5 nitrogen and oxygen atoms in total. The number of ether oxygens (including phenoxy) is 1. The van der Waals surface area contributed by atoms with Crippen molar-refractivity contribution in [3.8, 4) is 0 Å². The van der Waals surface area contributed by atoms with Crippen molar-refractivity contribution in [3.63, 3.8) is 0 Å². The number of hydrogen-bond donors (Lipinski definition) is 3. The molecule has 1 heterocycles. The molecule has 0 bridgehead atoms. The molecule has 0 saturated carbocycles. The molecule has 1 aromatic carbocycles. The van der Waals surface area contributed by atoms with Crippen molar-refractivity contribution < 1.29 is 14.3 Å². The maximum absolute atomic E-state index is 13.5. The maximum atomic E-state index is 13.5. The third-order valence-electron chi connectivity index (χ3n) is 3.63. The summed E-state index contributed by atoms with van der Waals surface area (Å²) in [6.45, 7) is 4.24. The van der Waals surface area contributed by atoms with Gasteiger partial charge in [-0.2, -0.15) is 0 Å². The lowest BCUT2D eigenvalue weighted by atomic mass is 10.0. The molecule has 0 amide bonds. The Morgan fingerprint density at radius 3 is 3.00 bits per heavy atom. The molecule has 1 aromatic rings. The normalized spacial score (nSPS) is 23.2. The Bertz CT molecular complexity index is 493. The highest BCUT2D eigenvalue weighted by Gasteiger charge is 2.23. The van der Waals surface area contributed by atoms with Crippen molar-refractivity contribution in [2.45, 2.75) is 26.0 Å². The molecule has 0 aliphatic carbocycles. The lowest BCUT2D eigenvalue weighted by molar-refractivity contribution is 0.105. The second kappa shape index (κ2) is 6.67. The molecule has 1 fully saturated rings. The first kappa shape index (κ1) is 14.7. The highest BCUT2D eigenvalue weighted by Crippen LogP contribution is 2.19. The van der Waals surface area contributed by atoms with Gasteiger partial charge >= 0.3 is 0 Å². The highest BCUT2D eigenvalue weighted by atomic mass is 19.1. The molecular formula is C14H20FN3O2. The number of rotatable bonds is 5. The van der Waals surface area contributed by atoms with Gasteiger partial charge in [0, 0.05) is 25.3 Å². The average Bonchev–Trinajstić information content (AvgIpc) is 2.83. The Morgan fingerprint density at radius 1 is 1.55 bits per heavy atom. The maximum Gasteiger partial charge on any atom is 0.170 e. The van der Waals surface area contributed by atoms with Crippen LogP contribution in [-0.4, -0.2) is 30.3 Å². The van der Waals surface area contributed by atoms with Crippen molar-refractivity contribution >= 4 is 5.84 Å². The molecule has 110 valence electrons. The second-order valence-corrected chi connectivity index (χ2v) is 5.09. The van der Waals surface area contributed by atoms with Gasteiger partial charge in [0.2, 0.25) is 0 Å². The van der Waals surface area contributed by atoms with Gasteiger partial charge in [0.15, 0.2) is 5.84 Å². The molecule has 0 spiro atoms. The van der Waals surface area contributed by atoms with E-state index in [9.17, 15) is 4.39 Å². The highest BCUT2D eigenvalue weighted by molar-refractivity contribution is 5.97. The van der Waals surface area contributed by atoms with Gasteiger partial charge in [0.25, 0.3) is 0 Å². The molecule has 1 aliphatic rings. The van der Waals surface area contributed by atoms with Gasteiger partial charge in [-0.05, 0) is 43.0 Å². The molecule has 1 aliphatic heterocycles. The summed E-state index contributed by atoms with van der Waals surface area (Å²) in [5.41, 5.74) is 6.61.